The number of fused-ring (bicyclic) bond motifs is 1. The van der Waals surface area contributed by atoms with Gasteiger partial charge in [0.15, 0.2) is 11.6 Å². The lowest BCUT2D eigenvalue weighted by atomic mass is 9.98. The van der Waals surface area contributed by atoms with Gasteiger partial charge < -0.3 is 9.47 Å². The number of H-pyrrole nitrogens is 1. The molecule has 0 radical (unpaired) electrons. The highest BCUT2D eigenvalue weighted by Crippen LogP contribution is 2.31. The molecule has 0 atom stereocenters. The van der Waals surface area contributed by atoms with Gasteiger partial charge in [0, 0.05) is 42.8 Å². The fourth-order valence-corrected chi connectivity index (χ4v) is 6.05. The molecule has 0 amide bonds. The van der Waals surface area contributed by atoms with E-state index in [4.69, 9.17) is 21.7 Å². The monoisotopic (exact) mass is 664 g/mol. The van der Waals surface area contributed by atoms with Crippen LogP contribution in [-0.4, -0.2) is 50.9 Å². The molecule has 0 unspecified atom stereocenters. The fraction of sp³-hybridized carbons (Fsp3) is 0.344. The number of aryl methyl sites for hydroxylation is 2. The second-order valence-corrected chi connectivity index (χ2v) is 11.8. The zero-order valence-electron chi connectivity index (χ0n) is 25.7. The van der Waals surface area contributed by atoms with E-state index in [0.29, 0.717) is 39.9 Å². The van der Waals surface area contributed by atoms with E-state index in [1.807, 2.05) is 48.5 Å². The molecule has 11 nitrogen and oxygen atoms in total. The number of benzene rings is 2. The van der Waals surface area contributed by atoms with Crippen molar-refractivity contribution < 1.29 is 17.7 Å². The Labute approximate surface area is 272 Å². The van der Waals surface area contributed by atoms with Gasteiger partial charge in [-0.15, -0.1) is 10.2 Å². The summed E-state index contributed by atoms with van der Waals surface area (Å²) in [5.41, 5.74) is 4.16. The smallest absolute Gasteiger partial charge is 0.357 e. The Morgan fingerprint density at radius 3 is 2.47 bits per heavy atom. The molecule has 244 valence electrons. The molecule has 1 aliphatic rings. The average molecular weight is 665 g/mol. The van der Waals surface area contributed by atoms with Crippen LogP contribution in [0.1, 0.15) is 54.1 Å². The molecular formula is C32H31F3N8O3S. The van der Waals surface area contributed by atoms with E-state index in [0.717, 1.165) is 34.1 Å². The lowest BCUT2D eigenvalue weighted by Gasteiger charge is -2.30. The molecule has 0 bridgehead atoms. The van der Waals surface area contributed by atoms with Gasteiger partial charge in [-0.05, 0) is 30.0 Å². The minimum atomic E-state index is -4.59. The topological polar surface area (TPSA) is 128 Å². The minimum absolute atomic E-state index is 0.0335. The summed E-state index contributed by atoms with van der Waals surface area (Å²) in [5, 5.41) is 10.9. The number of aromatic nitrogens is 7. The summed E-state index contributed by atoms with van der Waals surface area (Å²) in [4.78, 5) is 35.2. The van der Waals surface area contributed by atoms with E-state index in [1.165, 1.54) is 0 Å². The summed E-state index contributed by atoms with van der Waals surface area (Å²) in [6, 6.07) is 15.3. The predicted molar refractivity (Wildman–Crippen MR) is 171 cm³/mol. The Balaban J connectivity index is 1.25. The van der Waals surface area contributed by atoms with E-state index < -0.39 is 17.8 Å². The molecule has 47 heavy (non-hydrogen) atoms. The van der Waals surface area contributed by atoms with Crippen molar-refractivity contribution in [1.29, 1.82) is 0 Å². The number of halogens is 3. The standard InChI is InChI=1S/C32H31F3N8O3S/c1-3-4-9-25-36-19(2)24(16-27(47)41-14-15-42-26(18-41)38-39-30(42)32(33,34)35)29(44)43(25)17-20-10-12-21(13-11-20)22-7-5-6-8-23(22)28-37-31(45)46-40-28/h5-8,10-13H,3-4,9,14-18H2,1-2H3,(H,37,40,45). The number of nitrogens with one attached hydrogen (secondary N) is 1. The Morgan fingerprint density at radius 1 is 1.04 bits per heavy atom. The number of hydrogen-bond acceptors (Lipinski definition) is 8. The Kier molecular flexibility index (Phi) is 8.90. The highest BCUT2D eigenvalue weighted by atomic mass is 32.1. The Morgan fingerprint density at radius 2 is 1.79 bits per heavy atom. The van der Waals surface area contributed by atoms with E-state index in [-0.39, 0.29) is 44.0 Å². The van der Waals surface area contributed by atoms with Crippen LogP contribution < -0.4 is 11.3 Å². The highest BCUT2D eigenvalue weighted by molar-refractivity contribution is 7.80. The summed E-state index contributed by atoms with van der Waals surface area (Å²) in [7, 11) is 0. The highest BCUT2D eigenvalue weighted by Gasteiger charge is 2.39. The van der Waals surface area contributed by atoms with Gasteiger partial charge in [-0.1, -0.05) is 79.3 Å². The molecule has 5 aromatic rings. The second kappa shape index (κ2) is 13.1. The molecule has 4 heterocycles. The molecule has 0 saturated heterocycles. The largest absolute Gasteiger partial charge is 0.451 e. The molecule has 0 spiro atoms. The van der Waals surface area contributed by atoms with Crippen LogP contribution in [-0.2, 0) is 38.7 Å². The van der Waals surface area contributed by atoms with Gasteiger partial charge in [-0.2, -0.15) is 13.2 Å². The molecule has 6 rings (SSSR count). The molecule has 15 heteroatoms. The second-order valence-electron chi connectivity index (χ2n) is 11.4. The first kappa shape index (κ1) is 32.0. The predicted octanol–water partition coefficient (Wildman–Crippen LogP) is 4.95. The Hall–Kier alpha value is -4.92. The summed E-state index contributed by atoms with van der Waals surface area (Å²) in [5.74, 6) is -0.475. The molecule has 1 aliphatic heterocycles. The zero-order chi connectivity index (χ0) is 33.3. The van der Waals surface area contributed by atoms with Crippen molar-refractivity contribution in [1.82, 2.24) is 39.4 Å². The van der Waals surface area contributed by atoms with E-state index >= 15 is 0 Å². The van der Waals surface area contributed by atoms with Gasteiger partial charge in [-0.3, -0.25) is 18.9 Å². The SMILES string of the molecule is CCCCc1nc(C)c(CC(=S)N2CCn3c(nnc3C(F)(F)F)C2)c(=O)n1Cc1ccc(-c2ccccc2-c2noc(=O)[nH]2)cc1. The summed E-state index contributed by atoms with van der Waals surface area (Å²) in [6.07, 6.45) is -2.05. The van der Waals surface area contributed by atoms with Crippen molar-refractivity contribution in [3.05, 3.63) is 104 Å². The number of aromatic amines is 1. The minimum Gasteiger partial charge on any atom is -0.357 e. The van der Waals surface area contributed by atoms with E-state index in [9.17, 15) is 22.8 Å². The first-order valence-corrected chi connectivity index (χ1v) is 15.5. The van der Waals surface area contributed by atoms with Crippen LogP contribution >= 0.6 is 12.2 Å². The maximum Gasteiger partial charge on any atom is 0.451 e. The summed E-state index contributed by atoms with van der Waals surface area (Å²) < 4.78 is 47.4. The number of alkyl halides is 3. The van der Waals surface area contributed by atoms with Gasteiger partial charge in [0.25, 0.3) is 5.56 Å². The van der Waals surface area contributed by atoms with Crippen LogP contribution in [0.3, 0.4) is 0 Å². The summed E-state index contributed by atoms with van der Waals surface area (Å²) >= 11 is 5.71. The van der Waals surface area contributed by atoms with Gasteiger partial charge >= 0.3 is 11.9 Å². The third-order valence-electron chi connectivity index (χ3n) is 8.22. The fourth-order valence-electron chi connectivity index (χ4n) is 5.75. The van der Waals surface area contributed by atoms with Crippen molar-refractivity contribution in [2.24, 2.45) is 0 Å². The quantitative estimate of drug-likeness (QED) is 0.218. The number of thiocarbonyl (C=S) groups is 1. The number of unbranched alkanes of at least 4 members (excludes halogenated alkanes) is 1. The zero-order valence-corrected chi connectivity index (χ0v) is 26.5. The van der Waals surface area contributed by atoms with Crippen molar-refractivity contribution in [2.75, 3.05) is 6.54 Å². The Bertz CT molecular complexity index is 2050. The molecule has 2 aromatic carbocycles. The van der Waals surface area contributed by atoms with Crippen molar-refractivity contribution in [2.45, 2.75) is 65.3 Å². The van der Waals surface area contributed by atoms with Gasteiger partial charge in [0.2, 0.25) is 5.82 Å². The van der Waals surface area contributed by atoms with Gasteiger partial charge in [-0.25, -0.2) is 9.78 Å². The molecule has 0 saturated carbocycles. The molecular weight excluding hydrogens is 633 g/mol. The number of nitrogens with zero attached hydrogens (tertiary/aromatic N) is 7. The van der Waals surface area contributed by atoms with Crippen LogP contribution in [0.25, 0.3) is 22.5 Å². The van der Waals surface area contributed by atoms with Crippen LogP contribution in [0.4, 0.5) is 13.2 Å². The van der Waals surface area contributed by atoms with Gasteiger partial charge in [0.05, 0.1) is 18.1 Å². The maximum atomic E-state index is 14.0. The molecule has 0 aliphatic carbocycles. The average Bonchev–Trinajstić information content (AvgIpc) is 3.70. The first-order valence-electron chi connectivity index (χ1n) is 15.1. The molecule has 0 fully saturated rings. The van der Waals surface area contributed by atoms with E-state index in [1.54, 1.807) is 16.4 Å². The van der Waals surface area contributed by atoms with E-state index in [2.05, 4.69) is 27.3 Å². The van der Waals surface area contributed by atoms with Crippen LogP contribution in [0.2, 0.25) is 0 Å². The lowest BCUT2D eigenvalue weighted by molar-refractivity contribution is -0.147. The molecule has 1 N–H and O–H groups in total. The van der Waals surface area contributed by atoms with Crippen LogP contribution in [0, 0.1) is 6.92 Å². The number of rotatable bonds is 9. The van der Waals surface area contributed by atoms with Gasteiger partial charge in [0.1, 0.15) is 5.82 Å². The van der Waals surface area contributed by atoms with Crippen molar-refractivity contribution in [3.8, 4) is 22.5 Å². The normalized spacial score (nSPS) is 13.2. The molecule has 3 aromatic heterocycles. The third-order valence-corrected chi connectivity index (χ3v) is 8.62. The third kappa shape index (κ3) is 6.66. The maximum absolute atomic E-state index is 14.0. The van der Waals surface area contributed by atoms with Crippen molar-refractivity contribution in [3.63, 3.8) is 0 Å². The first-order chi connectivity index (χ1) is 22.5. The van der Waals surface area contributed by atoms with Crippen molar-refractivity contribution >= 4 is 17.2 Å². The van der Waals surface area contributed by atoms with Crippen LogP contribution in [0.5, 0.6) is 0 Å². The number of hydrogen-bond donors (Lipinski definition) is 1. The summed E-state index contributed by atoms with van der Waals surface area (Å²) in [6.45, 7) is 4.49. The van der Waals surface area contributed by atoms with Crippen LogP contribution in [0.15, 0.2) is 62.6 Å². The lowest BCUT2D eigenvalue weighted by Crippen LogP contribution is -2.40.